The van der Waals surface area contributed by atoms with E-state index in [2.05, 4.69) is 64.2 Å². The van der Waals surface area contributed by atoms with E-state index in [1.165, 1.54) is 16.3 Å². The Hall–Kier alpha value is -1.94. The number of nitrogens with zero attached hydrogens (tertiary/aromatic N) is 2. The topological polar surface area (TPSA) is 33.6 Å². The molecular formula is C16H17N3S. The van der Waals surface area contributed by atoms with Crippen LogP contribution in [0.5, 0.6) is 0 Å². The van der Waals surface area contributed by atoms with Gasteiger partial charge in [0.15, 0.2) is 4.77 Å². The van der Waals surface area contributed by atoms with Crippen LogP contribution >= 0.6 is 12.2 Å². The van der Waals surface area contributed by atoms with E-state index in [9.17, 15) is 0 Å². The third kappa shape index (κ3) is 2.39. The number of H-pyrrole nitrogens is 1. The van der Waals surface area contributed by atoms with Crippen LogP contribution in [0, 0.1) is 4.77 Å². The quantitative estimate of drug-likeness (QED) is 0.731. The van der Waals surface area contributed by atoms with E-state index in [1.54, 1.807) is 0 Å². The van der Waals surface area contributed by atoms with Crippen molar-refractivity contribution < 1.29 is 0 Å². The molecule has 4 heteroatoms. The van der Waals surface area contributed by atoms with Crippen molar-refractivity contribution in [2.45, 2.75) is 26.3 Å². The van der Waals surface area contributed by atoms with Crippen molar-refractivity contribution in [2.75, 3.05) is 0 Å². The van der Waals surface area contributed by atoms with Crippen molar-refractivity contribution in [3.8, 4) is 0 Å². The molecule has 0 bridgehead atoms. The fourth-order valence-electron chi connectivity index (χ4n) is 2.56. The van der Waals surface area contributed by atoms with Gasteiger partial charge in [0.05, 0.1) is 0 Å². The number of hydrogen-bond donors (Lipinski definition) is 1. The summed E-state index contributed by atoms with van der Waals surface area (Å²) in [5, 5.41) is 9.84. The molecule has 0 unspecified atom stereocenters. The van der Waals surface area contributed by atoms with Crippen molar-refractivity contribution in [1.29, 1.82) is 0 Å². The first-order valence-corrected chi connectivity index (χ1v) is 7.31. The Morgan fingerprint density at radius 3 is 2.80 bits per heavy atom. The largest absolute Gasteiger partial charge is 0.304 e. The van der Waals surface area contributed by atoms with Gasteiger partial charge in [0.1, 0.15) is 5.82 Å². The van der Waals surface area contributed by atoms with E-state index in [0.717, 1.165) is 25.2 Å². The summed E-state index contributed by atoms with van der Waals surface area (Å²) in [7, 11) is 0. The molecule has 2 aromatic carbocycles. The smallest absolute Gasteiger partial charge is 0.195 e. The van der Waals surface area contributed by atoms with Crippen molar-refractivity contribution in [3.05, 3.63) is 58.6 Å². The average Bonchev–Trinajstić information content (AvgIpc) is 2.81. The number of nitrogens with one attached hydrogen (secondary N) is 1. The first kappa shape index (κ1) is 13.1. The van der Waals surface area contributed by atoms with Gasteiger partial charge in [-0.1, -0.05) is 49.4 Å². The molecule has 20 heavy (non-hydrogen) atoms. The van der Waals surface area contributed by atoms with Crippen LogP contribution in [0.4, 0.5) is 0 Å². The molecule has 1 heterocycles. The maximum absolute atomic E-state index is 5.30. The van der Waals surface area contributed by atoms with E-state index in [1.807, 2.05) is 0 Å². The number of benzene rings is 2. The van der Waals surface area contributed by atoms with Crippen molar-refractivity contribution in [3.63, 3.8) is 0 Å². The average molecular weight is 283 g/mol. The Labute approximate surface area is 123 Å². The van der Waals surface area contributed by atoms with Crippen LogP contribution in [0.15, 0.2) is 42.5 Å². The third-order valence-corrected chi connectivity index (χ3v) is 3.82. The lowest BCUT2D eigenvalue weighted by Gasteiger charge is -2.08. The third-order valence-electron chi connectivity index (χ3n) is 3.51. The van der Waals surface area contributed by atoms with Crippen LogP contribution < -0.4 is 0 Å². The van der Waals surface area contributed by atoms with Gasteiger partial charge in [-0.05, 0) is 35.0 Å². The van der Waals surface area contributed by atoms with Gasteiger partial charge in [-0.2, -0.15) is 5.10 Å². The zero-order valence-electron chi connectivity index (χ0n) is 11.5. The number of hydrogen-bond acceptors (Lipinski definition) is 2. The lowest BCUT2D eigenvalue weighted by Crippen LogP contribution is -2.04. The molecule has 0 spiro atoms. The summed E-state index contributed by atoms with van der Waals surface area (Å²) in [6.07, 6.45) is 1.85. The lowest BCUT2D eigenvalue weighted by atomic mass is 10.0. The molecule has 0 amide bonds. The Morgan fingerprint density at radius 1 is 1.15 bits per heavy atom. The molecule has 0 aliphatic rings. The predicted molar refractivity (Wildman–Crippen MR) is 84.5 cm³/mol. The first-order chi connectivity index (χ1) is 9.79. The Balaban J connectivity index is 2.04. The summed E-state index contributed by atoms with van der Waals surface area (Å²) >= 11 is 5.30. The van der Waals surface area contributed by atoms with Crippen LogP contribution in [0.2, 0.25) is 0 Å². The highest BCUT2D eigenvalue weighted by molar-refractivity contribution is 7.71. The summed E-state index contributed by atoms with van der Waals surface area (Å²) in [5.74, 6) is 1.01. The molecule has 0 atom stereocenters. The molecule has 0 fully saturated rings. The maximum atomic E-state index is 5.30. The van der Waals surface area contributed by atoms with E-state index >= 15 is 0 Å². The second-order valence-electron chi connectivity index (χ2n) is 4.91. The van der Waals surface area contributed by atoms with Gasteiger partial charge < -0.3 is 4.57 Å². The van der Waals surface area contributed by atoms with Gasteiger partial charge in [0, 0.05) is 13.0 Å². The monoisotopic (exact) mass is 283 g/mol. The summed E-state index contributed by atoms with van der Waals surface area (Å²) < 4.78 is 2.80. The maximum Gasteiger partial charge on any atom is 0.195 e. The van der Waals surface area contributed by atoms with E-state index in [0.29, 0.717) is 4.77 Å². The first-order valence-electron chi connectivity index (χ1n) is 6.90. The molecule has 0 radical (unpaired) electrons. The second kappa shape index (κ2) is 5.59. The molecular weight excluding hydrogens is 266 g/mol. The van der Waals surface area contributed by atoms with Crippen molar-refractivity contribution in [1.82, 2.24) is 14.8 Å². The highest BCUT2D eigenvalue weighted by Crippen LogP contribution is 2.20. The molecule has 0 aliphatic heterocycles. The van der Waals surface area contributed by atoms with Gasteiger partial charge >= 0.3 is 0 Å². The standard InChI is InChI=1S/C16H17N3S/c1-2-10-19-15(17-18-16(19)20)11-13-8-5-7-12-6-3-4-9-14(12)13/h3-9H,2,10-11H2,1H3,(H,18,20). The summed E-state index contributed by atoms with van der Waals surface area (Å²) in [4.78, 5) is 0. The summed E-state index contributed by atoms with van der Waals surface area (Å²) in [5.41, 5.74) is 1.29. The van der Waals surface area contributed by atoms with Crippen LogP contribution in [0.3, 0.4) is 0 Å². The molecule has 3 aromatic rings. The molecule has 1 N–H and O–H groups in total. The Morgan fingerprint density at radius 2 is 1.95 bits per heavy atom. The minimum Gasteiger partial charge on any atom is -0.304 e. The molecule has 0 aliphatic carbocycles. The Kier molecular flexibility index (Phi) is 3.65. The van der Waals surface area contributed by atoms with Crippen LogP contribution in [-0.2, 0) is 13.0 Å². The minimum atomic E-state index is 0.710. The molecule has 1 aromatic heterocycles. The van der Waals surface area contributed by atoms with Crippen LogP contribution in [0.1, 0.15) is 24.7 Å². The molecule has 0 saturated heterocycles. The predicted octanol–water partition coefficient (Wildman–Crippen LogP) is 4.09. The number of aromatic nitrogens is 3. The van der Waals surface area contributed by atoms with Crippen molar-refractivity contribution >= 4 is 23.0 Å². The normalized spacial score (nSPS) is 11.1. The zero-order chi connectivity index (χ0) is 13.9. The molecule has 3 rings (SSSR count). The molecule has 3 nitrogen and oxygen atoms in total. The lowest BCUT2D eigenvalue weighted by molar-refractivity contribution is 0.640. The highest BCUT2D eigenvalue weighted by Gasteiger charge is 2.08. The second-order valence-corrected chi connectivity index (χ2v) is 5.30. The SMILES string of the molecule is CCCn1c(Cc2cccc3ccccc23)n[nH]c1=S. The fraction of sp³-hybridized carbons (Fsp3) is 0.250. The van der Waals surface area contributed by atoms with Gasteiger partial charge in [-0.15, -0.1) is 0 Å². The fourth-order valence-corrected chi connectivity index (χ4v) is 2.80. The van der Waals surface area contributed by atoms with Gasteiger partial charge in [0.2, 0.25) is 0 Å². The highest BCUT2D eigenvalue weighted by atomic mass is 32.1. The van der Waals surface area contributed by atoms with Crippen LogP contribution in [-0.4, -0.2) is 14.8 Å². The minimum absolute atomic E-state index is 0.710. The van der Waals surface area contributed by atoms with E-state index in [-0.39, 0.29) is 0 Å². The van der Waals surface area contributed by atoms with Gasteiger partial charge in [0.25, 0.3) is 0 Å². The van der Waals surface area contributed by atoms with Gasteiger partial charge in [-0.25, -0.2) is 0 Å². The number of aromatic amines is 1. The summed E-state index contributed by atoms with van der Waals surface area (Å²) in [6, 6.07) is 14.9. The molecule has 102 valence electrons. The Bertz CT molecular complexity index is 780. The molecule has 0 saturated carbocycles. The van der Waals surface area contributed by atoms with E-state index < -0.39 is 0 Å². The number of rotatable bonds is 4. The van der Waals surface area contributed by atoms with Crippen molar-refractivity contribution in [2.24, 2.45) is 0 Å². The van der Waals surface area contributed by atoms with E-state index in [4.69, 9.17) is 12.2 Å². The van der Waals surface area contributed by atoms with Crippen LogP contribution in [0.25, 0.3) is 10.8 Å². The van der Waals surface area contributed by atoms with Gasteiger partial charge in [-0.3, -0.25) is 5.10 Å². The number of fused-ring (bicyclic) bond motifs is 1. The zero-order valence-corrected chi connectivity index (χ0v) is 12.3. The summed E-state index contributed by atoms with van der Waals surface area (Å²) in [6.45, 7) is 3.06.